The first-order valence-corrected chi connectivity index (χ1v) is 12.5. The first kappa shape index (κ1) is 21.5. The fourth-order valence-corrected chi connectivity index (χ4v) is 7.12. The van der Waals surface area contributed by atoms with Gasteiger partial charge in [0.25, 0.3) is 0 Å². The maximum atomic E-state index is 13.1. The summed E-state index contributed by atoms with van der Waals surface area (Å²) in [6.07, 6.45) is 8.52. The van der Waals surface area contributed by atoms with Gasteiger partial charge in [-0.2, -0.15) is 5.10 Å². The van der Waals surface area contributed by atoms with Crippen LogP contribution in [0.2, 0.25) is 0 Å². The second-order valence-electron chi connectivity index (χ2n) is 11.3. The minimum atomic E-state index is 0.0278. The van der Waals surface area contributed by atoms with Crippen LogP contribution in [-0.2, 0) is 17.8 Å². The highest BCUT2D eigenvalue weighted by atomic mass is 16.1. The van der Waals surface area contributed by atoms with Crippen LogP contribution in [0.25, 0.3) is 0 Å². The van der Waals surface area contributed by atoms with E-state index in [9.17, 15) is 4.79 Å². The van der Waals surface area contributed by atoms with Crippen molar-refractivity contribution in [1.29, 1.82) is 0 Å². The molecule has 4 aliphatic carbocycles. The Morgan fingerprint density at radius 1 is 1.06 bits per heavy atom. The molecule has 1 amide bonds. The van der Waals surface area contributed by atoms with Crippen molar-refractivity contribution in [3.8, 4) is 0 Å². The lowest BCUT2D eigenvalue weighted by atomic mass is 9.53. The van der Waals surface area contributed by atoms with E-state index in [1.165, 1.54) is 38.5 Å². The van der Waals surface area contributed by atoms with E-state index in [1.54, 1.807) is 0 Å². The van der Waals surface area contributed by atoms with Gasteiger partial charge in [0.05, 0.1) is 23.5 Å². The van der Waals surface area contributed by atoms with Crippen LogP contribution in [0.5, 0.6) is 0 Å². The number of hydrogen-bond acceptors (Lipinski definition) is 3. The molecule has 1 aromatic heterocycles. The molecule has 0 unspecified atom stereocenters. The number of benzene rings is 1. The number of para-hydroxylation sites is 2. The lowest BCUT2D eigenvalue weighted by Crippen LogP contribution is -2.54. The van der Waals surface area contributed by atoms with Crippen LogP contribution in [-0.4, -0.2) is 21.2 Å². The smallest absolute Gasteiger partial charge is 0.228 e. The van der Waals surface area contributed by atoms with Crippen molar-refractivity contribution in [2.24, 2.45) is 23.7 Å². The van der Waals surface area contributed by atoms with Gasteiger partial charge in [-0.1, -0.05) is 26.0 Å². The van der Waals surface area contributed by atoms with Gasteiger partial charge in [0.2, 0.25) is 5.91 Å². The average molecular weight is 435 g/mol. The van der Waals surface area contributed by atoms with E-state index in [0.717, 1.165) is 52.6 Å². The fraction of sp³-hybridized carbons (Fsp3) is 0.630. The zero-order chi connectivity index (χ0) is 22.5. The summed E-state index contributed by atoms with van der Waals surface area (Å²) in [7, 11) is 0. The third-order valence-corrected chi connectivity index (χ3v) is 8.05. The fourth-order valence-electron chi connectivity index (χ4n) is 7.12. The predicted molar refractivity (Wildman–Crippen MR) is 130 cm³/mol. The number of rotatable bonds is 7. The Morgan fingerprint density at radius 3 is 2.25 bits per heavy atom. The van der Waals surface area contributed by atoms with Gasteiger partial charge in [0.1, 0.15) is 0 Å². The standard InChI is InChI=1S/C27H38N4O/c1-17(2)16-31-19(4)23(18(3)30-31)12-26(32)28-24-7-5-6-8-25(24)29-27-13-20-9-21(14-27)11-22(10-20)15-27/h5-8,17,20-22,29H,9-16H2,1-4H3,(H,28,32). The second kappa shape index (κ2) is 8.24. The van der Waals surface area contributed by atoms with Crippen LogP contribution in [0.15, 0.2) is 24.3 Å². The highest BCUT2D eigenvalue weighted by molar-refractivity contribution is 5.95. The summed E-state index contributed by atoms with van der Waals surface area (Å²) in [4.78, 5) is 13.1. The molecule has 0 saturated heterocycles. The van der Waals surface area contributed by atoms with Crippen molar-refractivity contribution in [2.45, 2.75) is 84.7 Å². The van der Waals surface area contributed by atoms with Crippen molar-refractivity contribution < 1.29 is 4.79 Å². The van der Waals surface area contributed by atoms with Crippen LogP contribution in [0.3, 0.4) is 0 Å². The molecule has 172 valence electrons. The molecule has 0 atom stereocenters. The number of nitrogens with one attached hydrogen (secondary N) is 2. The first-order chi connectivity index (χ1) is 15.3. The SMILES string of the molecule is Cc1nn(CC(C)C)c(C)c1CC(=O)Nc1ccccc1NC12CC3CC(CC(C3)C1)C2. The van der Waals surface area contributed by atoms with Gasteiger partial charge in [0, 0.05) is 23.3 Å². The van der Waals surface area contributed by atoms with Crippen LogP contribution in [0.4, 0.5) is 11.4 Å². The molecule has 4 saturated carbocycles. The normalized spacial score (nSPS) is 28.3. The molecule has 1 heterocycles. The molecule has 4 fully saturated rings. The Balaban J connectivity index is 1.30. The number of aryl methyl sites for hydroxylation is 1. The monoisotopic (exact) mass is 434 g/mol. The Bertz CT molecular complexity index is 970. The van der Waals surface area contributed by atoms with Crippen molar-refractivity contribution >= 4 is 17.3 Å². The summed E-state index contributed by atoms with van der Waals surface area (Å²) in [5.74, 6) is 3.23. The van der Waals surface area contributed by atoms with Crippen LogP contribution in [0, 0.1) is 37.5 Å². The number of aromatic nitrogens is 2. The molecule has 6 rings (SSSR count). The summed E-state index contributed by atoms with van der Waals surface area (Å²) >= 11 is 0. The van der Waals surface area contributed by atoms with Gasteiger partial charge >= 0.3 is 0 Å². The number of amides is 1. The maximum absolute atomic E-state index is 13.1. The lowest BCUT2D eigenvalue weighted by molar-refractivity contribution is -0.115. The van der Waals surface area contributed by atoms with E-state index in [-0.39, 0.29) is 11.4 Å². The van der Waals surface area contributed by atoms with E-state index < -0.39 is 0 Å². The largest absolute Gasteiger partial charge is 0.378 e. The van der Waals surface area contributed by atoms with Gasteiger partial charge in [-0.05, 0) is 88.2 Å². The van der Waals surface area contributed by atoms with Gasteiger partial charge in [0.15, 0.2) is 0 Å². The number of nitrogens with zero attached hydrogens (tertiary/aromatic N) is 2. The zero-order valence-corrected chi connectivity index (χ0v) is 20.1. The molecule has 2 N–H and O–H groups in total. The van der Waals surface area contributed by atoms with E-state index in [4.69, 9.17) is 0 Å². The molecule has 1 aromatic carbocycles. The molecule has 5 nitrogen and oxygen atoms in total. The second-order valence-corrected chi connectivity index (χ2v) is 11.3. The Hall–Kier alpha value is -2.30. The summed E-state index contributed by atoms with van der Waals surface area (Å²) in [5, 5.41) is 11.8. The van der Waals surface area contributed by atoms with Crippen LogP contribution < -0.4 is 10.6 Å². The third kappa shape index (κ3) is 4.18. The molecule has 0 spiro atoms. The highest BCUT2D eigenvalue weighted by Gasteiger charge is 2.51. The number of hydrogen-bond donors (Lipinski definition) is 2. The first-order valence-electron chi connectivity index (χ1n) is 12.5. The van der Waals surface area contributed by atoms with E-state index in [0.29, 0.717) is 12.3 Å². The molecular formula is C27H38N4O. The summed E-state index contributed by atoms with van der Waals surface area (Å²) in [6.45, 7) is 9.35. The summed E-state index contributed by atoms with van der Waals surface area (Å²) < 4.78 is 2.05. The number of carbonyl (C=O) groups is 1. The third-order valence-electron chi connectivity index (χ3n) is 8.05. The number of carbonyl (C=O) groups excluding carboxylic acids is 1. The van der Waals surface area contributed by atoms with Crippen LogP contribution >= 0.6 is 0 Å². The molecule has 4 bridgehead atoms. The van der Waals surface area contributed by atoms with E-state index >= 15 is 0 Å². The minimum Gasteiger partial charge on any atom is -0.378 e. The molecule has 0 radical (unpaired) electrons. The van der Waals surface area contributed by atoms with Gasteiger partial charge < -0.3 is 10.6 Å². The minimum absolute atomic E-state index is 0.0278. The lowest BCUT2D eigenvalue weighted by Gasteiger charge is -2.57. The maximum Gasteiger partial charge on any atom is 0.228 e. The summed E-state index contributed by atoms with van der Waals surface area (Å²) in [6, 6.07) is 8.24. The average Bonchev–Trinajstić information content (AvgIpc) is 2.95. The van der Waals surface area contributed by atoms with Gasteiger partial charge in [-0.15, -0.1) is 0 Å². The number of anilines is 2. The van der Waals surface area contributed by atoms with E-state index in [2.05, 4.69) is 48.6 Å². The van der Waals surface area contributed by atoms with Gasteiger partial charge in [-0.3, -0.25) is 9.48 Å². The molecule has 32 heavy (non-hydrogen) atoms. The topological polar surface area (TPSA) is 59.0 Å². The van der Waals surface area contributed by atoms with Crippen LogP contribution in [0.1, 0.15) is 69.3 Å². The highest BCUT2D eigenvalue weighted by Crippen LogP contribution is 2.56. The van der Waals surface area contributed by atoms with Crippen molar-refractivity contribution in [3.05, 3.63) is 41.2 Å². The molecular weight excluding hydrogens is 396 g/mol. The zero-order valence-electron chi connectivity index (χ0n) is 20.1. The Kier molecular flexibility index (Phi) is 5.55. The van der Waals surface area contributed by atoms with Crippen molar-refractivity contribution in [2.75, 3.05) is 10.6 Å². The Labute approximate surface area is 192 Å². The van der Waals surface area contributed by atoms with E-state index in [1.807, 2.05) is 23.7 Å². The molecule has 2 aromatic rings. The van der Waals surface area contributed by atoms with Crippen molar-refractivity contribution in [1.82, 2.24) is 9.78 Å². The predicted octanol–water partition coefficient (Wildman–Crippen LogP) is 5.72. The Morgan fingerprint density at radius 2 is 1.66 bits per heavy atom. The quantitative estimate of drug-likeness (QED) is 0.586. The van der Waals surface area contributed by atoms with Gasteiger partial charge in [-0.25, -0.2) is 0 Å². The molecule has 5 heteroatoms. The summed E-state index contributed by atoms with van der Waals surface area (Å²) in [5.41, 5.74) is 5.31. The van der Waals surface area contributed by atoms with Crippen molar-refractivity contribution in [3.63, 3.8) is 0 Å². The molecule has 4 aliphatic rings. The molecule has 0 aliphatic heterocycles.